The van der Waals surface area contributed by atoms with Crippen LogP contribution in [0.3, 0.4) is 0 Å². The summed E-state index contributed by atoms with van der Waals surface area (Å²) in [6.45, 7) is 0. The zero-order valence-electron chi connectivity index (χ0n) is 10.6. The van der Waals surface area contributed by atoms with Crippen LogP contribution in [0, 0.1) is 5.82 Å². The number of hydrogen-bond acceptors (Lipinski definition) is 4. The lowest BCUT2D eigenvalue weighted by Crippen LogP contribution is -2.29. The van der Waals surface area contributed by atoms with Gasteiger partial charge in [0.2, 0.25) is 0 Å². The van der Waals surface area contributed by atoms with Gasteiger partial charge in [-0.2, -0.15) is 0 Å². The fraction of sp³-hybridized carbons (Fsp3) is 0.231. The van der Waals surface area contributed by atoms with E-state index in [-0.39, 0.29) is 11.8 Å². The molecule has 1 atom stereocenters. The van der Waals surface area contributed by atoms with E-state index >= 15 is 0 Å². The zero-order chi connectivity index (χ0) is 14.7. The molecule has 1 aromatic carbocycles. The number of methoxy groups -OCH3 is 1. The molecule has 0 bridgehead atoms. The van der Waals surface area contributed by atoms with Crippen molar-refractivity contribution in [2.24, 2.45) is 5.84 Å². The van der Waals surface area contributed by atoms with Crippen LogP contribution in [0.1, 0.15) is 17.2 Å². The fourth-order valence-corrected chi connectivity index (χ4v) is 3.50. The Morgan fingerprint density at radius 2 is 2.15 bits per heavy atom. The van der Waals surface area contributed by atoms with E-state index in [2.05, 4.69) is 5.43 Å². The second-order valence-electron chi connectivity index (χ2n) is 4.17. The molecule has 0 aliphatic rings. The second-order valence-corrected chi connectivity index (χ2v) is 6.46. The van der Waals surface area contributed by atoms with Crippen LogP contribution in [-0.2, 0) is 6.42 Å². The number of ether oxygens (including phenoxy) is 1. The van der Waals surface area contributed by atoms with Crippen LogP contribution in [0.25, 0.3) is 0 Å². The summed E-state index contributed by atoms with van der Waals surface area (Å²) in [6.07, 6.45) is 0.490. The molecule has 0 saturated carbocycles. The summed E-state index contributed by atoms with van der Waals surface area (Å²) in [5.41, 5.74) is 4.27. The molecule has 20 heavy (non-hydrogen) atoms. The molecule has 1 heterocycles. The van der Waals surface area contributed by atoms with Crippen molar-refractivity contribution in [1.29, 1.82) is 0 Å². The first-order valence-corrected chi connectivity index (χ1v) is 7.35. The molecule has 7 heteroatoms. The normalized spacial score (nSPS) is 12.4. The van der Waals surface area contributed by atoms with Gasteiger partial charge in [0.1, 0.15) is 0 Å². The van der Waals surface area contributed by atoms with E-state index < -0.39 is 5.82 Å². The minimum atomic E-state index is -0.407. The van der Waals surface area contributed by atoms with Gasteiger partial charge < -0.3 is 4.74 Å². The van der Waals surface area contributed by atoms with E-state index in [0.717, 1.165) is 11.1 Å². The van der Waals surface area contributed by atoms with Crippen molar-refractivity contribution >= 4 is 34.5 Å². The lowest BCUT2D eigenvalue weighted by molar-refractivity contribution is 0.386. The van der Waals surface area contributed by atoms with E-state index in [0.29, 0.717) is 15.1 Å². The number of halogens is 3. The summed E-state index contributed by atoms with van der Waals surface area (Å²) in [5.74, 6) is 5.36. The van der Waals surface area contributed by atoms with Crippen molar-refractivity contribution in [1.82, 2.24) is 5.43 Å². The molecular weight excluding hydrogens is 322 g/mol. The average molecular weight is 335 g/mol. The zero-order valence-corrected chi connectivity index (χ0v) is 12.9. The van der Waals surface area contributed by atoms with E-state index in [4.69, 9.17) is 33.8 Å². The lowest BCUT2D eigenvalue weighted by Gasteiger charge is -2.16. The second kappa shape index (κ2) is 6.74. The third-order valence-electron chi connectivity index (χ3n) is 2.92. The van der Waals surface area contributed by atoms with Gasteiger partial charge in [-0.05, 0) is 30.2 Å². The molecule has 0 saturated heterocycles. The number of nitrogens with two attached hydrogens (primary N) is 1. The predicted octanol–water partition coefficient (Wildman–Crippen LogP) is 3.95. The number of thiophene rings is 1. The molecule has 2 aromatic rings. The molecule has 3 N–H and O–H groups in total. The highest BCUT2D eigenvalue weighted by molar-refractivity contribution is 7.20. The number of hydrazine groups is 1. The molecule has 108 valence electrons. The minimum absolute atomic E-state index is 0.211. The maximum Gasteiger partial charge on any atom is 0.165 e. The molecular formula is C13H13Cl2FN2OS. The Bertz CT molecular complexity index is 606. The molecule has 3 nitrogen and oxygen atoms in total. The highest BCUT2D eigenvalue weighted by atomic mass is 35.5. The summed E-state index contributed by atoms with van der Waals surface area (Å²) >= 11 is 13.3. The van der Waals surface area contributed by atoms with Crippen molar-refractivity contribution in [2.45, 2.75) is 12.5 Å². The van der Waals surface area contributed by atoms with Gasteiger partial charge in [-0.25, -0.2) is 4.39 Å². The van der Waals surface area contributed by atoms with Crippen LogP contribution in [0.15, 0.2) is 24.3 Å². The smallest absolute Gasteiger partial charge is 0.165 e. The minimum Gasteiger partial charge on any atom is -0.494 e. The molecule has 0 spiro atoms. The first-order chi connectivity index (χ1) is 9.55. The van der Waals surface area contributed by atoms with Crippen molar-refractivity contribution in [3.05, 3.63) is 49.9 Å². The van der Waals surface area contributed by atoms with Crippen LogP contribution in [0.4, 0.5) is 4.39 Å². The molecule has 0 fully saturated rings. The van der Waals surface area contributed by atoms with Crippen LogP contribution >= 0.6 is 34.5 Å². The number of rotatable bonds is 5. The maximum absolute atomic E-state index is 13.7. The highest BCUT2D eigenvalue weighted by Gasteiger charge is 2.17. The van der Waals surface area contributed by atoms with Gasteiger partial charge >= 0.3 is 0 Å². The van der Waals surface area contributed by atoms with Crippen LogP contribution in [-0.4, -0.2) is 7.11 Å². The van der Waals surface area contributed by atoms with Gasteiger partial charge in [-0.15, -0.1) is 11.3 Å². The molecule has 0 amide bonds. The molecule has 1 unspecified atom stereocenters. The highest BCUT2D eigenvalue weighted by Crippen LogP contribution is 2.36. The Morgan fingerprint density at radius 3 is 2.65 bits per heavy atom. The van der Waals surface area contributed by atoms with Crippen molar-refractivity contribution < 1.29 is 9.13 Å². The van der Waals surface area contributed by atoms with E-state index in [9.17, 15) is 4.39 Å². The third-order valence-corrected chi connectivity index (χ3v) is 4.43. The first-order valence-electron chi connectivity index (χ1n) is 5.78. The van der Waals surface area contributed by atoms with Crippen LogP contribution in [0.2, 0.25) is 8.67 Å². The Morgan fingerprint density at radius 1 is 1.40 bits per heavy atom. The molecule has 1 aromatic heterocycles. The van der Waals surface area contributed by atoms with Gasteiger partial charge in [0.25, 0.3) is 0 Å². The van der Waals surface area contributed by atoms with E-state index in [1.165, 1.54) is 24.5 Å². The summed E-state index contributed by atoms with van der Waals surface area (Å²) in [4.78, 5) is 0. The SMILES string of the molecule is COc1ccc(CC(NN)c2cc(Cl)sc2Cl)cc1F. The number of hydrogen-bond donors (Lipinski definition) is 2. The summed E-state index contributed by atoms with van der Waals surface area (Å²) in [6, 6.07) is 6.32. The van der Waals surface area contributed by atoms with Crippen LogP contribution < -0.4 is 16.0 Å². The summed E-state index contributed by atoms with van der Waals surface area (Å²) in [7, 11) is 1.43. The quantitative estimate of drug-likeness (QED) is 0.642. The number of benzene rings is 1. The number of nitrogens with one attached hydrogen (secondary N) is 1. The van der Waals surface area contributed by atoms with E-state index in [1.54, 1.807) is 18.2 Å². The Balaban J connectivity index is 2.22. The maximum atomic E-state index is 13.7. The predicted molar refractivity (Wildman–Crippen MR) is 81.1 cm³/mol. The van der Waals surface area contributed by atoms with Crippen molar-refractivity contribution in [3.63, 3.8) is 0 Å². The van der Waals surface area contributed by atoms with Gasteiger partial charge in [0.15, 0.2) is 11.6 Å². The van der Waals surface area contributed by atoms with E-state index in [1.807, 2.05) is 0 Å². The molecule has 0 aliphatic heterocycles. The van der Waals surface area contributed by atoms with Gasteiger partial charge in [-0.3, -0.25) is 11.3 Å². The Labute approximate surface area is 130 Å². The summed E-state index contributed by atoms with van der Waals surface area (Å²) < 4.78 is 19.7. The molecule has 2 rings (SSSR count). The van der Waals surface area contributed by atoms with Crippen LogP contribution in [0.5, 0.6) is 5.75 Å². The van der Waals surface area contributed by atoms with Crippen molar-refractivity contribution in [3.8, 4) is 5.75 Å². The lowest BCUT2D eigenvalue weighted by atomic mass is 10.0. The van der Waals surface area contributed by atoms with Gasteiger partial charge in [0.05, 0.1) is 21.8 Å². The third kappa shape index (κ3) is 3.42. The summed E-state index contributed by atoms with van der Waals surface area (Å²) in [5, 5.41) is 0. The Hall–Kier alpha value is -0.850. The Kier molecular flexibility index (Phi) is 5.23. The fourth-order valence-electron chi connectivity index (χ4n) is 1.92. The van der Waals surface area contributed by atoms with Crippen molar-refractivity contribution in [2.75, 3.05) is 7.11 Å². The first kappa shape index (κ1) is 15.5. The van der Waals surface area contributed by atoms with Gasteiger partial charge in [0, 0.05) is 5.56 Å². The molecule has 0 aliphatic carbocycles. The average Bonchev–Trinajstić information content (AvgIpc) is 2.75. The molecule has 0 radical (unpaired) electrons. The standard InChI is InChI=1S/C13H13Cl2FN2OS/c1-19-11-3-2-7(4-9(11)16)5-10(18-17)8-6-12(14)20-13(8)15/h2-4,6,10,18H,5,17H2,1H3. The largest absolute Gasteiger partial charge is 0.494 e. The topological polar surface area (TPSA) is 47.3 Å². The van der Waals surface area contributed by atoms with Gasteiger partial charge in [-0.1, -0.05) is 29.3 Å². The monoisotopic (exact) mass is 334 g/mol.